The van der Waals surface area contributed by atoms with Crippen LogP contribution in [0.15, 0.2) is 106 Å². The number of methoxy groups -OCH3 is 1. The van der Waals surface area contributed by atoms with Crippen molar-refractivity contribution in [3.8, 4) is 45.8 Å². The predicted octanol–water partition coefficient (Wildman–Crippen LogP) is 1.35. The molecule has 3 fully saturated rings. The third kappa shape index (κ3) is 12.0. The molecule has 75 heavy (non-hydrogen) atoms. The lowest BCUT2D eigenvalue weighted by atomic mass is 9.97. The number of benzene rings is 4. The van der Waals surface area contributed by atoms with E-state index in [9.17, 15) is 65.4 Å². The fourth-order valence-electron chi connectivity index (χ4n) is 8.43. The summed E-state index contributed by atoms with van der Waals surface area (Å²) in [5.41, 5.74) is -0.266. The summed E-state index contributed by atoms with van der Waals surface area (Å²) in [4.78, 5) is 41.2. The van der Waals surface area contributed by atoms with E-state index in [2.05, 4.69) is 0 Å². The molecule has 8 rings (SSSR count). The van der Waals surface area contributed by atoms with Gasteiger partial charge < -0.3 is 98.1 Å². The van der Waals surface area contributed by atoms with Crippen LogP contribution in [-0.4, -0.2) is 169 Å². The number of aliphatic hydroxyl groups excluding tert-OH is 7. The molecule has 0 radical (unpaired) electrons. The standard InChI is InChI=1S/C52H54O23/c1-23-38(59)41(62)43(64)51(67-23)74-47-39(60)34(22-53)71-52(49(47)73-36(58)19-9-26-6-14-29(55)15-7-26)75-48-40(61)37-32(56)20-31(21-33(37)70-46(48)27-10-16-30(66-3)17-11-27)69-50-44(65)42(63)45(24(2)68-50)72-35(57)18-8-25-4-12-28(54)13-5-25/h4-21,23-24,34,38-39,41-45,47,49-56,59-60,62-65H,22H2,1-3H3/b18-8+,19-9+/t23-,24-,34+,38-,39+,41+,42-,43+,44+,45-,47-,49+,50-,51-,52-/m0/s1. The van der Waals surface area contributed by atoms with E-state index in [0.29, 0.717) is 16.9 Å². The summed E-state index contributed by atoms with van der Waals surface area (Å²) >= 11 is 0. The number of phenols is 3. The highest BCUT2D eigenvalue weighted by molar-refractivity contribution is 5.89. The van der Waals surface area contributed by atoms with Crippen LogP contribution < -0.4 is 19.6 Å². The van der Waals surface area contributed by atoms with Crippen molar-refractivity contribution >= 4 is 35.1 Å². The molecule has 0 aliphatic carbocycles. The molecule has 15 atom stereocenters. The lowest BCUT2D eigenvalue weighted by Gasteiger charge is -2.46. The maximum atomic E-state index is 14.8. The normalized spacial score (nSPS) is 30.0. The van der Waals surface area contributed by atoms with Gasteiger partial charge in [-0.1, -0.05) is 24.3 Å². The maximum absolute atomic E-state index is 14.8. The lowest BCUT2D eigenvalue weighted by Crippen LogP contribution is -2.65. The van der Waals surface area contributed by atoms with Crippen LogP contribution in [-0.2, 0) is 38.0 Å². The van der Waals surface area contributed by atoms with Gasteiger partial charge in [0.05, 0.1) is 25.9 Å². The van der Waals surface area contributed by atoms with Gasteiger partial charge in [-0.3, -0.25) is 4.79 Å². The molecule has 4 aromatic carbocycles. The number of esters is 2. The Labute approximate surface area is 425 Å². The molecule has 400 valence electrons. The molecule has 0 spiro atoms. The number of aromatic hydroxyl groups is 3. The number of carbonyl (C=O) groups excluding carboxylic acids is 2. The molecule has 0 amide bonds. The molecule has 23 heteroatoms. The molecular formula is C52H54O23. The van der Waals surface area contributed by atoms with Crippen LogP contribution in [0.1, 0.15) is 25.0 Å². The fraction of sp³-hybridized carbons (Fsp3) is 0.365. The summed E-state index contributed by atoms with van der Waals surface area (Å²) in [6, 6.07) is 19.7. The van der Waals surface area contributed by atoms with Crippen molar-refractivity contribution in [2.75, 3.05) is 13.7 Å². The second-order valence-corrected chi connectivity index (χ2v) is 17.7. The minimum atomic E-state index is -2.02. The molecule has 3 aliphatic heterocycles. The number of fused-ring (bicyclic) bond motifs is 1. The summed E-state index contributed by atoms with van der Waals surface area (Å²) in [5.74, 6) is -3.71. The summed E-state index contributed by atoms with van der Waals surface area (Å²) in [5, 5.41) is 106. The quantitative estimate of drug-likeness (QED) is 0.0522. The van der Waals surface area contributed by atoms with Gasteiger partial charge in [-0.15, -0.1) is 0 Å². The molecule has 0 unspecified atom stereocenters. The number of ether oxygens (including phenoxy) is 9. The minimum Gasteiger partial charge on any atom is -0.508 e. The van der Waals surface area contributed by atoms with E-state index in [-0.39, 0.29) is 34.2 Å². The van der Waals surface area contributed by atoms with Crippen LogP contribution in [0.3, 0.4) is 0 Å². The Kier molecular flexibility index (Phi) is 16.7. The first-order valence-corrected chi connectivity index (χ1v) is 23.3. The fourth-order valence-corrected chi connectivity index (χ4v) is 8.43. The number of phenolic OH excluding ortho intramolecular Hbond substituents is 3. The predicted molar refractivity (Wildman–Crippen MR) is 257 cm³/mol. The van der Waals surface area contributed by atoms with E-state index in [0.717, 1.165) is 24.3 Å². The molecule has 3 saturated heterocycles. The van der Waals surface area contributed by atoms with Gasteiger partial charge in [-0.05, 0) is 85.7 Å². The Morgan fingerprint density at radius 3 is 1.76 bits per heavy atom. The summed E-state index contributed by atoms with van der Waals surface area (Å²) in [6.45, 7) is 1.88. The van der Waals surface area contributed by atoms with Crippen LogP contribution in [0.4, 0.5) is 0 Å². The van der Waals surface area contributed by atoms with Crippen LogP contribution in [0, 0.1) is 0 Å². The second kappa shape index (κ2) is 23.2. The Hall–Kier alpha value is -7.13. The number of hydrogen-bond donors (Lipinski definition) is 10. The second-order valence-electron chi connectivity index (χ2n) is 17.7. The van der Waals surface area contributed by atoms with Gasteiger partial charge in [-0.2, -0.15) is 0 Å². The van der Waals surface area contributed by atoms with Gasteiger partial charge in [0.1, 0.15) is 88.5 Å². The molecule has 0 saturated carbocycles. The summed E-state index contributed by atoms with van der Waals surface area (Å²) in [6.07, 6.45) is -20.5. The molecule has 10 N–H and O–H groups in total. The van der Waals surface area contributed by atoms with Gasteiger partial charge >= 0.3 is 11.9 Å². The molecule has 1 aromatic heterocycles. The van der Waals surface area contributed by atoms with Crippen molar-refractivity contribution in [3.63, 3.8) is 0 Å². The van der Waals surface area contributed by atoms with Gasteiger partial charge in [0, 0.05) is 29.8 Å². The summed E-state index contributed by atoms with van der Waals surface area (Å²) < 4.78 is 58.4. The van der Waals surface area contributed by atoms with Crippen molar-refractivity contribution < 1.29 is 108 Å². The third-order valence-corrected chi connectivity index (χ3v) is 12.5. The van der Waals surface area contributed by atoms with Crippen LogP contribution in [0.25, 0.3) is 34.4 Å². The van der Waals surface area contributed by atoms with Crippen molar-refractivity contribution in [1.82, 2.24) is 0 Å². The zero-order valence-corrected chi connectivity index (χ0v) is 40.0. The topological polar surface area (TPSA) is 350 Å². The SMILES string of the molecule is COc1ccc(-c2oc3cc(O[C@@H]4O[C@@H](C)[C@H](OC(=O)/C=C/c5ccc(O)cc5)[C@@H](O)[C@H]4O)cc(O)c3c(=O)c2O[C@@H]2O[C@H](CO)[C@@H](O)[C@H](O[C@@H]3O[C@@H](C)[C@H](O)[C@@H](O)[C@H]3O)[C@H]2OC(=O)/C=C/c2ccc(O)cc2)cc1. The average Bonchev–Trinajstić information content (AvgIpc) is 3.40. The molecule has 4 heterocycles. The van der Waals surface area contributed by atoms with Crippen molar-refractivity contribution in [3.05, 3.63) is 118 Å². The van der Waals surface area contributed by atoms with Crippen molar-refractivity contribution in [2.24, 2.45) is 0 Å². The molecule has 23 nitrogen and oxygen atoms in total. The van der Waals surface area contributed by atoms with E-state index in [1.807, 2.05) is 0 Å². The first-order chi connectivity index (χ1) is 35.8. The van der Waals surface area contributed by atoms with Crippen LogP contribution in [0.2, 0.25) is 0 Å². The smallest absolute Gasteiger partial charge is 0.331 e. The molecule has 3 aliphatic rings. The zero-order chi connectivity index (χ0) is 53.8. The Morgan fingerprint density at radius 2 is 1.17 bits per heavy atom. The molecular weight excluding hydrogens is 993 g/mol. The van der Waals surface area contributed by atoms with E-state index in [4.69, 9.17) is 47.0 Å². The first-order valence-electron chi connectivity index (χ1n) is 23.3. The highest BCUT2D eigenvalue weighted by atomic mass is 16.8. The zero-order valence-electron chi connectivity index (χ0n) is 40.0. The van der Waals surface area contributed by atoms with Gasteiger partial charge in [0.15, 0.2) is 24.3 Å². The van der Waals surface area contributed by atoms with E-state index >= 15 is 0 Å². The van der Waals surface area contributed by atoms with Crippen LogP contribution in [0.5, 0.6) is 34.5 Å². The van der Waals surface area contributed by atoms with Gasteiger partial charge in [-0.25, -0.2) is 9.59 Å². The third-order valence-electron chi connectivity index (χ3n) is 12.5. The van der Waals surface area contributed by atoms with Crippen molar-refractivity contribution in [1.29, 1.82) is 0 Å². The highest BCUT2D eigenvalue weighted by Crippen LogP contribution is 2.40. The molecule has 0 bridgehead atoms. The van der Waals surface area contributed by atoms with Crippen LogP contribution >= 0.6 is 0 Å². The monoisotopic (exact) mass is 1050 g/mol. The Bertz CT molecular complexity index is 2900. The Balaban J connectivity index is 1.12. The number of rotatable bonds is 15. The first kappa shape index (κ1) is 54.1. The van der Waals surface area contributed by atoms with E-state index < -0.39 is 133 Å². The van der Waals surface area contributed by atoms with Gasteiger partial charge in [0.2, 0.25) is 23.8 Å². The number of hydrogen-bond acceptors (Lipinski definition) is 23. The van der Waals surface area contributed by atoms with Gasteiger partial charge in [0.25, 0.3) is 0 Å². The number of carbonyl (C=O) groups is 2. The molecule has 5 aromatic rings. The maximum Gasteiger partial charge on any atom is 0.331 e. The average molecular weight is 1050 g/mol. The largest absolute Gasteiger partial charge is 0.508 e. The summed E-state index contributed by atoms with van der Waals surface area (Å²) in [7, 11) is 1.41. The van der Waals surface area contributed by atoms with E-state index in [1.54, 1.807) is 12.1 Å². The van der Waals surface area contributed by atoms with E-state index in [1.165, 1.54) is 93.8 Å². The number of aliphatic hydroxyl groups is 7. The van der Waals surface area contributed by atoms with Crippen molar-refractivity contribution in [2.45, 2.75) is 106 Å². The highest BCUT2D eigenvalue weighted by Gasteiger charge is 2.53. The Morgan fingerprint density at radius 1 is 0.600 bits per heavy atom. The minimum absolute atomic E-state index is 0.0245. The lowest BCUT2D eigenvalue weighted by molar-refractivity contribution is -0.349.